The Balaban J connectivity index is 1.80. The quantitative estimate of drug-likeness (QED) is 0.582. The van der Waals surface area contributed by atoms with Gasteiger partial charge in [-0.1, -0.05) is 6.42 Å². The number of unbranched alkanes of at least 4 members (excludes halogenated alkanes) is 1. The number of piperidine rings is 1. The number of nitrogens with zero attached hydrogens (tertiary/aromatic N) is 1. The van der Waals surface area contributed by atoms with Gasteiger partial charge in [0.25, 0.3) is 0 Å². The molecule has 1 rings (SSSR count). The molecule has 0 aromatic rings. The molecule has 19 heavy (non-hydrogen) atoms. The van der Waals surface area contributed by atoms with Gasteiger partial charge in [0.2, 0.25) is 0 Å². The fourth-order valence-electron chi connectivity index (χ4n) is 2.60. The van der Waals surface area contributed by atoms with E-state index in [9.17, 15) is 0 Å². The van der Waals surface area contributed by atoms with Gasteiger partial charge in [0.05, 0.1) is 13.2 Å². The molecule has 0 aromatic carbocycles. The highest BCUT2D eigenvalue weighted by Gasteiger charge is 2.17. The Bertz CT molecular complexity index is 203. The second kappa shape index (κ2) is 11.6. The minimum absolute atomic E-state index is 0.702. The third-order valence-electron chi connectivity index (χ3n) is 3.90. The van der Waals surface area contributed by atoms with Gasteiger partial charge >= 0.3 is 0 Å². The zero-order chi connectivity index (χ0) is 13.8. The Morgan fingerprint density at radius 1 is 1.11 bits per heavy atom. The molecule has 1 aliphatic heterocycles. The molecule has 1 aliphatic rings. The molecule has 0 radical (unpaired) electrons. The lowest BCUT2D eigenvalue weighted by Gasteiger charge is -2.32. The zero-order valence-corrected chi connectivity index (χ0v) is 12.8. The minimum Gasteiger partial charge on any atom is -0.382 e. The molecule has 1 heterocycles. The molecule has 0 aromatic heterocycles. The predicted molar refractivity (Wildman–Crippen MR) is 79.7 cm³/mol. The number of ether oxygens (including phenoxy) is 2. The summed E-state index contributed by atoms with van der Waals surface area (Å²) in [6, 6.07) is 0.804. The van der Waals surface area contributed by atoms with Crippen molar-refractivity contribution in [3.8, 4) is 0 Å². The van der Waals surface area contributed by atoms with Crippen LogP contribution in [0.1, 0.15) is 38.5 Å². The fourth-order valence-corrected chi connectivity index (χ4v) is 2.60. The van der Waals surface area contributed by atoms with Crippen LogP contribution in [0.3, 0.4) is 0 Å². The summed E-state index contributed by atoms with van der Waals surface area (Å²) >= 11 is 0. The Morgan fingerprint density at radius 3 is 2.79 bits per heavy atom. The number of rotatable bonds is 11. The van der Waals surface area contributed by atoms with Gasteiger partial charge in [-0.3, -0.25) is 0 Å². The molecule has 0 aliphatic carbocycles. The summed E-state index contributed by atoms with van der Waals surface area (Å²) in [7, 11) is 3.97. The molecule has 1 saturated heterocycles. The van der Waals surface area contributed by atoms with E-state index in [1.165, 1.54) is 38.6 Å². The summed E-state index contributed by atoms with van der Waals surface area (Å²) < 4.78 is 10.4. The maximum Gasteiger partial charge on any atom is 0.0700 e. The third kappa shape index (κ3) is 8.58. The molecule has 0 spiro atoms. The van der Waals surface area contributed by atoms with Gasteiger partial charge in [-0.05, 0) is 58.8 Å². The van der Waals surface area contributed by atoms with Gasteiger partial charge in [0.15, 0.2) is 0 Å². The molecule has 114 valence electrons. The van der Waals surface area contributed by atoms with Crippen LogP contribution in [-0.4, -0.2) is 64.6 Å². The van der Waals surface area contributed by atoms with Crippen molar-refractivity contribution in [1.82, 2.24) is 10.2 Å². The van der Waals surface area contributed by atoms with E-state index >= 15 is 0 Å². The predicted octanol–water partition coefficient (Wildman–Crippen LogP) is 1.89. The molecule has 0 saturated carbocycles. The van der Waals surface area contributed by atoms with E-state index < -0.39 is 0 Å². The second-order valence-corrected chi connectivity index (χ2v) is 5.48. The van der Waals surface area contributed by atoms with E-state index in [1.54, 1.807) is 7.11 Å². The van der Waals surface area contributed by atoms with Crippen molar-refractivity contribution in [3.63, 3.8) is 0 Å². The summed E-state index contributed by atoms with van der Waals surface area (Å²) in [5.41, 5.74) is 0. The molecule has 0 amide bonds. The number of methoxy groups -OCH3 is 1. The monoisotopic (exact) mass is 272 g/mol. The van der Waals surface area contributed by atoms with Gasteiger partial charge in [-0.25, -0.2) is 0 Å². The smallest absolute Gasteiger partial charge is 0.0700 e. The van der Waals surface area contributed by atoms with Crippen LogP contribution in [0.2, 0.25) is 0 Å². The first-order valence-electron chi connectivity index (χ1n) is 7.82. The largest absolute Gasteiger partial charge is 0.382 e. The molecular weight excluding hydrogens is 240 g/mol. The topological polar surface area (TPSA) is 33.7 Å². The summed E-state index contributed by atoms with van der Waals surface area (Å²) in [6.45, 7) is 5.83. The van der Waals surface area contributed by atoms with E-state index in [2.05, 4.69) is 17.3 Å². The number of hydrogen-bond donors (Lipinski definition) is 1. The molecular formula is C15H32N2O2. The summed E-state index contributed by atoms with van der Waals surface area (Å²) in [6.07, 6.45) is 7.80. The zero-order valence-electron chi connectivity index (χ0n) is 12.8. The maximum absolute atomic E-state index is 5.43. The molecule has 1 unspecified atom stereocenters. The maximum atomic E-state index is 5.43. The lowest BCUT2D eigenvalue weighted by atomic mass is 10.0. The Hall–Kier alpha value is -0.160. The Kier molecular flexibility index (Phi) is 10.4. The molecule has 4 heteroatoms. The first kappa shape index (κ1) is 16.9. The van der Waals surface area contributed by atoms with Crippen molar-refractivity contribution in [2.45, 2.75) is 44.6 Å². The number of likely N-dealkylation sites (tertiary alicyclic amines) is 1. The van der Waals surface area contributed by atoms with Gasteiger partial charge in [0.1, 0.15) is 0 Å². The van der Waals surface area contributed by atoms with Crippen LogP contribution >= 0.6 is 0 Å². The van der Waals surface area contributed by atoms with Crippen LogP contribution < -0.4 is 5.32 Å². The summed E-state index contributed by atoms with van der Waals surface area (Å²) in [4.78, 5) is 2.52. The first-order valence-corrected chi connectivity index (χ1v) is 7.82. The van der Waals surface area contributed by atoms with Crippen LogP contribution in [0.4, 0.5) is 0 Å². The van der Waals surface area contributed by atoms with Crippen molar-refractivity contribution < 1.29 is 9.47 Å². The Labute approximate surface area is 118 Å². The molecule has 1 fully saturated rings. The van der Waals surface area contributed by atoms with Crippen LogP contribution in [0.25, 0.3) is 0 Å². The highest BCUT2D eigenvalue weighted by atomic mass is 16.5. The average Bonchev–Trinajstić information content (AvgIpc) is 2.43. The summed E-state index contributed by atoms with van der Waals surface area (Å²) in [5.74, 6) is 0. The second-order valence-electron chi connectivity index (χ2n) is 5.48. The lowest BCUT2D eigenvalue weighted by Crippen LogP contribution is -2.38. The van der Waals surface area contributed by atoms with E-state index in [0.717, 1.165) is 38.8 Å². The van der Waals surface area contributed by atoms with Crippen molar-refractivity contribution in [2.24, 2.45) is 0 Å². The van der Waals surface area contributed by atoms with Crippen molar-refractivity contribution in [1.29, 1.82) is 0 Å². The minimum atomic E-state index is 0.702. The van der Waals surface area contributed by atoms with Gasteiger partial charge in [-0.2, -0.15) is 0 Å². The molecule has 1 N–H and O–H groups in total. The highest BCUT2D eigenvalue weighted by molar-refractivity contribution is 4.74. The third-order valence-corrected chi connectivity index (χ3v) is 3.90. The number of nitrogens with one attached hydrogen (secondary N) is 1. The van der Waals surface area contributed by atoms with Crippen molar-refractivity contribution in [2.75, 3.05) is 53.6 Å². The van der Waals surface area contributed by atoms with Crippen LogP contribution in [-0.2, 0) is 9.47 Å². The van der Waals surface area contributed by atoms with E-state index in [-0.39, 0.29) is 0 Å². The van der Waals surface area contributed by atoms with Crippen molar-refractivity contribution in [3.05, 3.63) is 0 Å². The lowest BCUT2D eigenvalue weighted by molar-refractivity contribution is 0.0688. The van der Waals surface area contributed by atoms with Crippen LogP contribution in [0.5, 0.6) is 0 Å². The van der Waals surface area contributed by atoms with Gasteiger partial charge in [-0.15, -0.1) is 0 Å². The van der Waals surface area contributed by atoms with E-state index in [1.807, 2.05) is 0 Å². The SMILES string of the molecule is COCCOCCCCNCCC1CCCCN1C. The van der Waals surface area contributed by atoms with Gasteiger partial charge in [0, 0.05) is 19.8 Å². The number of hydrogen-bond acceptors (Lipinski definition) is 4. The normalized spacial score (nSPS) is 20.8. The molecule has 1 atom stereocenters. The molecule has 4 nitrogen and oxygen atoms in total. The highest BCUT2D eigenvalue weighted by Crippen LogP contribution is 2.16. The fraction of sp³-hybridized carbons (Fsp3) is 1.00. The average molecular weight is 272 g/mol. The Morgan fingerprint density at radius 2 is 2.00 bits per heavy atom. The summed E-state index contributed by atoms with van der Waals surface area (Å²) in [5, 5.41) is 3.55. The molecule has 0 bridgehead atoms. The van der Waals surface area contributed by atoms with E-state index in [4.69, 9.17) is 9.47 Å². The standard InChI is InChI=1S/C15H32N2O2/c1-17-11-5-3-7-15(17)8-10-16-9-4-6-12-19-14-13-18-2/h15-16H,3-14H2,1-2H3. The van der Waals surface area contributed by atoms with Crippen LogP contribution in [0, 0.1) is 0 Å². The van der Waals surface area contributed by atoms with Crippen LogP contribution in [0.15, 0.2) is 0 Å². The van der Waals surface area contributed by atoms with E-state index in [0.29, 0.717) is 6.61 Å². The van der Waals surface area contributed by atoms with Gasteiger partial charge < -0.3 is 19.7 Å². The first-order chi connectivity index (χ1) is 9.34. The van der Waals surface area contributed by atoms with Crippen molar-refractivity contribution >= 4 is 0 Å².